The molecule has 1 N–H and O–H groups in total. The van der Waals surface area contributed by atoms with Crippen molar-refractivity contribution in [3.8, 4) is 0 Å². The smallest absolute Gasteiger partial charge is 0.264 e. The fourth-order valence-corrected chi connectivity index (χ4v) is 1.49. The summed E-state index contributed by atoms with van der Waals surface area (Å²) in [4.78, 5) is 11.4. The maximum Gasteiger partial charge on any atom is 0.264 e. The Morgan fingerprint density at radius 2 is 2.13 bits per heavy atom. The molecular weight excluding hydrogens is 214 g/mol. The van der Waals surface area contributed by atoms with E-state index >= 15 is 0 Å². The topological polar surface area (TPSA) is 63.2 Å². The predicted octanol–water partition coefficient (Wildman–Crippen LogP) is 1.02. The van der Waals surface area contributed by atoms with Gasteiger partial charge in [-0.05, 0) is 17.7 Å². The van der Waals surface area contributed by atoms with Crippen LogP contribution in [0.2, 0.25) is 0 Å². The molecule has 4 nitrogen and oxygen atoms in total. The van der Waals surface area contributed by atoms with Crippen LogP contribution in [-0.2, 0) is 10.0 Å². The van der Waals surface area contributed by atoms with Crippen molar-refractivity contribution in [2.24, 2.45) is 0 Å². The molecule has 1 aromatic carbocycles. The van der Waals surface area contributed by atoms with Crippen molar-refractivity contribution in [2.45, 2.75) is 0 Å². The summed E-state index contributed by atoms with van der Waals surface area (Å²) in [6.07, 6.45) is 2.51. The number of hydrogen-bond donors (Lipinski definition) is 1. The highest BCUT2D eigenvalue weighted by Gasteiger charge is 2.10. The Morgan fingerprint density at radius 3 is 2.67 bits per heavy atom. The van der Waals surface area contributed by atoms with E-state index in [-0.39, 0.29) is 5.56 Å². The van der Waals surface area contributed by atoms with Crippen LogP contribution in [0.15, 0.2) is 30.8 Å². The van der Waals surface area contributed by atoms with Gasteiger partial charge in [-0.25, -0.2) is 13.1 Å². The third-order valence-electron chi connectivity index (χ3n) is 1.66. The molecule has 0 aliphatic rings. The van der Waals surface area contributed by atoms with Gasteiger partial charge in [0.15, 0.2) is 0 Å². The van der Waals surface area contributed by atoms with Crippen LogP contribution in [0.4, 0.5) is 0 Å². The zero-order chi connectivity index (χ0) is 11.5. The Kier molecular flexibility index (Phi) is 3.26. The average molecular weight is 225 g/mol. The lowest BCUT2D eigenvalue weighted by Crippen LogP contribution is -2.29. The maximum absolute atomic E-state index is 11.4. The molecule has 1 rings (SSSR count). The van der Waals surface area contributed by atoms with Gasteiger partial charge in [0.1, 0.15) is 0 Å². The maximum atomic E-state index is 11.4. The van der Waals surface area contributed by atoms with Crippen LogP contribution in [0.3, 0.4) is 0 Å². The molecule has 0 fully saturated rings. The van der Waals surface area contributed by atoms with E-state index in [4.69, 9.17) is 0 Å². The van der Waals surface area contributed by atoms with Crippen LogP contribution >= 0.6 is 0 Å². The number of carbonyl (C=O) groups is 1. The molecule has 0 aromatic heterocycles. The SMILES string of the molecule is C=Cc1cccc(C(=O)NS(C)(=O)=O)c1. The number of carbonyl (C=O) groups excluding carboxylic acids is 1. The van der Waals surface area contributed by atoms with Gasteiger partial charge in [-0.3, -0.25) is 4.79 Å². The summed E-state index contributed by atoms with van der Waals surface area (Å²) in [6, 6.07) is 6.53. The molecule has 1 amide bonds. The van der Waals surface area contributed by atoms with E-state index < -0.39 is 15.9 Å². The van der Waals surface area contributed by atoms with Crippen molar-refractivity contribution in [3.63, 3.8) is 0 Å². The van der Waals surface area contributed by atoms with Crippen molar-refractivity contribution < 1.29 is 13.2 Å². The summed E-state index contributed by atoms with van der Waals surface area (Å²) in [5, 5.41) is 0. The van der Waals surface area contributed by atoms with Gasteiger partial charge in [-0.15, -0.1) is 0 Å². The molecular formula is C10H11NO3S. The van der Waals surface area contributed by atoms with Crippen molar-refractivity contribution in [1.82, 2.24) is 4.72 Å². The van der Waals surface area contributed by atoms with E-state index in [0.717, 1.165) is 11.8 Å². The molecule has 0 atom stereocenters. The second kappa shape index (κ2) is 4.27. The van der Waals surface area contributed by atoms with Crippen LogP contribution < -0.4 is 4.72 Å². The molecule has 0 aliphatic heterocycles. The summed E-state index contributed by atoms with van der Waals surface area (Å²) >= 11 is 0. The number of rotatable bonds is 3. The molecule has 0 saturated heterocycles. The van der Waals surface area contributed by atoms with Crippen molar-refractivity contribution in [2.75, 3.05) is 6.26 Å². The van der Waals surface area contributed by atoms with Crippen LogP contribution in [0.1, 0.15) is 15.9 Å². The number of sulfonamides is 1. The predicted molar refractivity (Wildman–Crippen MR) is 58.8 cm³/mol. The first-order valence-corrected chi connectivity index (χ1v) is 6.06. The Balaban J connectivity index is 2.96. The lowest BCUT2D eigenvalue weighted by atomic mass is 10.1. The first-order chi connectivity index (χ1) is 6.92. The van der Waals surface area contributed by atoms with Gasteiger partial charge in [0.25, 0.3) is 5.91 Å². The van der Waals surface area contributed by atoms with E-state index in [2.05, 4.69) is 6.58 Å². The quantitative estimate of drug-likeness (QED) is 0.835. The van der Waals surface area contributed by atoms with E-state index in [9.17, 15) is 13.2 Å². The van der Waals surface area contributed by atoms with Crippen LogP contribution in [0, 0.1) is 0 Å². The fourth-order valence-electron chi connectivity index (χ4n) is 1.03. The fraction of sp³-hybridized carbons (Fsp3) is 0.100. The van der Waals surface area contributed by atoms with E-state index in [1.165, 1.54) is 6.07 Å². The minimum atomic E-state index is -3.52. The zero-order valence-electron chi connectivity index (χ0n) is 8.23. The third-order valence-corrected chi connectivity index (χ3v) is 2.22. The van der Waals surface area contributed by atoms with Gasteiger partial charge >= 0.3 is 0 Å². The summed E-state index contributed by atoms with van der Waals surface area (Å²) < 4.78 is 23.5. The van der Waals surface area contributed by atoms with Crippen LogP contribution in [0.25, 0.3) is 6.08 Å². The second-order valence-corrected chi connectivity index (χ2v) is 4.78. The van der Waals surface area contributed by atoms with Gasteiger partial charge in [0.05, 0.1) is 6.26 Å². The van der Waals surface area contributed by atoms with Crippen LogP contribution in [-0.4, -0.2) is 20.6 Å². The van der Waals surface area contributed by atoms with E-state index in [1.807, 2.05) is 4.72 Å². The highest BCUT2D eigenvalue weighted by Crippen LogP contribution is 2.06. The molecule has 0 spiro atoms. The molecule has 0 aliphatic carbocycles. The molecule has 80 valence electrons. The average Bonchev–Trinajstić information content (AvgIpc) is 2.15. The Hall–Kier alpha value is -1.62. The minimum absolute atomic E-state index is 0.290. The zero-order valence-corrected chi connectivity index (χ0v) is 9.04. The summed E-state index contributed by atoms with van der Waals surface area (Å²) in [6.45, 7) is 3.56. The normalized spacial score (nSPS) is 10.7. The first-order valence-electron chi connectivity index (χ1n) is 4.17. The second-order valence-electron chi connectivity index (χ2n) is 3.03. The highest BCUT2D eigenvalue weighted by atomic mass is 32.2. The molecule has 15 heavy (non-hydrogen) atoms. The number of amides is 1. The molecule has 5 heteroatoms. The minimum Gasteiger partial charge on any atom is -0.268 e. The summed E-state index contributed by atoms with van der Waals surface area (Å²) in [5.41, 5.74) is 1.05. The summed E-state index contributed by atoms with van der Waals surface area (Å²) in [5.74, 6) is -0.638. The monoisotopic (exact) mass is 225 g/mol. The molecule has 0 bridgehead atoms. The summed E-state index contributed by atoms with van der Waals surface area (Å²) in [7, 11) is -3.52. The van der Waals surface area contributed by atoms with Crippen molar-refractivity contribution in [3.05, 3.63) is 42.0 Å². The number of nitrogens with one attached hydrogen (secondary N) is 1. The van der Waals surface area contributed by atoms with Gasteiger partial charge in [0.2, 0.25) is 10.0 Å². The van der Waals surface area contributed by atoms with Gasteiger partial charge in [0, 0.05) is 5.56 Å². The van der Waals surface area contributed by atoms with E-state index in [1.54, 1.807) is 24.3 Å². The number of benzene rings is 1. The Labute approximate surface area is 88.7 Å². The lowest BCUT2D eigenvalue weighted by molar-refractivity contribution is 0.0981. The largest absolute Gasteiger partial charge is 0.268 e. The third kappa shape index (κ3) is 3.55. The standard InChI is InChI=1S/C10H11NO3S/c1-3-8-5-4-6-9(7-8)10(12)11-15(2,13)14/h3-7H,1H2,2H3,(H,11,12). The Morgan fingerprint density at radius 1 is 1.47 bits per heavy atom. The lowest BCUT2D eigenvalue weighted by Gasteiger charge is -2.03. The molecule has 1 aromatic rings. The van der Waals surface area contributed by atoms with Crippen LogP contribution in [0.5, 0.6) is 0 Å². The molecule has 0 unspecified atom stereocenters. The molecule has 0 heterocycles. The van der Waals surface area contributed by atoms with Crippen molar-refractivity contribution >= 4 is 22.0 Å². The van der Waals surface area contributed by atoms with E-state index in [0.29, 0.717) is 0 Å². The first kappa shape index (κ1) is 11.5. The number of hydrogen-bond acceptors (Lipinski definition) is 3. The Bertz CT molecular complexity index is 491. The van der Waals surface area contributed by atoms with Gasteiger partial charge < -0.3 is 0 Å². The van der Waals surface area contributed by atoms with Gasteiger partial charge in [-0.1, -0.05) is 24.8 Å². The molecule has 0 saturated carbocycles. The molecule has 0 radical (unpaired) electrons. The highest BCUT2D eigenvalue weighted by molar-refractivity contribution is 7.89. The van der Waals surface area contributed by atoms with Gasteiger partial charge in [-0.2, -0.15) is 0 Å². The van der Waals surface area contributed by atoms with Crippen molar-refractivity contribution in [1.29, 1.82) is 0 Å².